The molecule has 1 aliphatic heterocycles. The van der Waals surface area contributed by atoms with Gasteiger partial charge in [-0.25, -0.2) is 8.78 Å². The van der Waals surface area contributed by atoms with Gasteiger partial charge in [0, 0.05) is 36.9 Å². The molecule has 1 heterocycles. The molecule has 124 valence electrons. The molecule has 2 aliphatic rings. The smallest absolute Gasteiger partial charge is 0.303 e. The number of carbonyl (C=O) groups is 2. The molecule has 23 heavy (non-hydrogen) atoms. The van der Waals surface area contributed by atoms with Crippen LogP contribution in [0, 0.1) is 23.5 Å². The predicted molar refractivity (Wildman–Crippen MR) is 78.8 cm³/mol. The van der Waals surface area contributed by atoms with Gasteiger partial charge in [-0.3, -0.25) is 9.59 Å². The summed E-state index contributed by atoms with van der Waals surface area (Å²) in [6, 6.07) is 3.76. The van der Waals surface area contributed by atoms with Crippen molar-refractivity contribution < 1.29 is 23.5 Å². The summed E-state index contributed by atoms with van der Waals surface area (Å²) in [4.78, 5) is 24.9. The van der Waals surface area contributed by atoms with Crippen molar-refractivity contribution >= 4 is 11.9 Å². The van der Waals surface area contributed by atoms with Gasteiger partial charge < -0.3 is 10.0 Å². The quantitative estimate of drug-likeness (QED) is 0.927. The van der Waals surface area contributed by atoms with Gasteiger partial charge in [0.15, 0.2) is 0 Å². The normalized spacial score (nSPS) is 24.5. The lowest BCUT2D eigenvalue weighted by molar-refractivity contribution is -0.138. The summed E-state index contributed by atoms with van der Waals surface area (Å²) < 4.78 is 27.5. The molecule has 1 saturated carbocycles. The monoisotopic (exact) mass is 323 g/mol. The highest BCUT2D eigenvalue weighted by Gasteiger charge is 2.48. The van der Waals surface area contributed by atoms with Crippen LogP contribution in [0.5, 0.6) is 0 Å². The van der Waals surface area contributed by atoms with Gasteiger partial charge in [-0.05, 0) is 37.3 Å². The number of rotatable bonds is 4. The van der Waals surface area contributed by atoms with Crippen LogP contribution >= 0.6 is 0 Å². The van der Waals surface area contributed by atoms with Crippen LogP contribution in [0.3, 0.4) is 0 Å². The molecule has 2 unspecified atom stereocenters. The van der Waals surface area contributed by atoms with Crippen LogP contribution in [-0.4, -0.2) is 35.0 Å². The number of amides is 1. The largest absolute Gasteiger partial charge is 0.481 e. The molecule has 1 saturated heterocycles. The molecule has 0 aromatic heterocycles. The van der Waals surface area contributed by atoms with E-state index in [9.17, 15) is 18.4 Å². The van der Waals surface area contributed by atoms with Crippen LogP contribution in [-0.2, 0) is 9.59 Å². The Hall–Kier alpha value is -1.98. The Kier molecular flexibility index (Phi) is 4.33. The van der Waals surface area contributed by atoms with E-state index in [4.69, 9.17) is 5.11 Å². The Morgan fingerprint density at radius 3 is 2.35 bits per heavy atom. The number of hydrogen-bond acceptors (Lipinski definition) is 2. The van der Waals surface area contributed by atoms with Crippen molar-refractivity contribution in [2.75, 3.05) is 13.1 Å². The van der Waals surface area contributed by atoms with Crippen molar-refractivity contribution in [3.05, 3.63) is 35.4 Å². The first-order chi connectivity index (χ1) is 11.0. The number of piperidine rings is 1. The van der Waals surface area contributed by atoms with E-state index in [2.05, 4.69) is 0 Å². The summed E-state index contributed by atoms with van der Waals surface area (Å²) >= 11 is 0. The standard InChI is InChI=1S/C17H19F2NO3/c18-13-2-1-3-14(19)16(13)11-9-12(11)17(23)20-6-4-10(5-7-20)8-15(21)22/h1-3,10-12H,4-9H2,(H,21,22). The number of nitrogens with zero attached hydrogens (tertiary/aromatic N) is 1. The second-order valence-electron chi connectivity index (χ2n) is 6.45. The SMILES string of the molecule is O=C(O)CC1CCN(C(=O)C2CC2c2c(F)cccc2F)CC1. The van der Waals surface area contributed by atoms with Crippen molar-refractivity contribution in [1.82, 2.24) is 4.90 Å². The molecule has 4 nitrogen and oxygen atoms in total. The average Bonchev–Trinajstić information content (AvgIpc) is 3.27. The molecule has 0 radical (unpaired) electrons. The average molecular weight is 323 g/mol. The number of carboxylic acid groups (broad SMARTS) is 1. The Bertz CT molecular complexity index is 606. The fourth-order valence-corrected chi connectivity index (χ4v) is 3.49. The predicted octanol–water partition coefficient (Wildman–Crippen LogP) is 2.78. The number of benzene rings is 1. The molecular weight excluding hydrogens is 304 g/mol. The minimum Gasteiger partial charge on any atom is -0.481 e. The third-order valence-corrected chi connectivity index (χ3v) is 4.87. The van der Waals surface area contributed by atoms with Crippen molar-refractivity contribution in [1.29, 1.82) is 0 Å². The molecule has 6 heteroatoms. The molecule has 3 rings (SSSR count). The lowest BCUT2D eigenvalue weighted by Gasteiger charge is -2.31. The Morgan fingerprint density at radius 2 is 1.78 bits per heavy atom. The molecule has 0 bridgehead atoms. The van der Waals surface area contributed by atoms with Gasteiger partial charge in [-0.1, -0.05) is 6.07 Å². The van der Waals surface area contributed by atoms with Crippen LogP contribution in [0.15, 0.2) is 18.2 Å². The van der Waals surface area contributed by atoms with E-state index < -0.39 is 17.6 Å². The van der Waals surface area contributed by atoms with Crippen LogP contribution in [0.25, 0.3) is 0 Å². The second-order valence-corrected chi connectivity index (χ2v) is 6.45. The van der Waals surface area contributed by atoms with E-state index in [0.717, 1.165) is 0 Å². The number of halogens is 2. The Labute approximate surface area is 133 Å². The van der Waals surface area contributed by atoms with Gasteiger partial charge in [0.1, 0.15) is 11.6 Å². The lowest BCUT2D eigenvalue weighted by atomic mass is 9.93. The maximum absolute atomic E-state index is 13.8. The zero-order chi connectivity index (χ0) is 16.6. The zero-order valence-corrected chi connectivity index (χ0v) is 12.7. The first-order valence-corrected chi connectivity index (χ1v) is 7.92. The van der Waals surface area contributed by atoms with Crippen LogP contribution < -0.4 is 0 Å². The molecule has 1 N–H and O–H groups in total. The summed E-state index contributed by atoms with van der Waals surface area (Å²) in [7, 11) is 0. The van der Waals surface area contributed by atoms with E-state index >= 15 is 0 Å². The van der Waals surface area contributed by atoms with E-state index in [0.29, 0.717) is 32.4 Å². The topological polar surface area (TPSA) is 57.6 Å². The fraction of sp³-hybridized carbons (Fsp3) is 0.529. The number of carboxylic acids is 1. The number of hydrogen-bond donors (Lipinski definition) is 1. The highest BCUT2D eigenvalue weighted by molar-refractivity contribution is 5.83. The first-order valence-electron chi connectivity index (χ1n) is 7.92. The summed E-state index contributed by atoms with van der Waals surface area (Å²) in [6.07, 6.45) is 1.95. The van der Waals surface area contributed by atoms with Crippen molar-refractivity contribution in [3.63, 3.8) is 0 Å². The van der Waals surface area contributed by atoms with Crippen molar-refractivity contribution in [2.45, 2.75) is 31.6 Å². The Balaban J connectivity index is 1.58. The van der Waals surface area contributed by atoms with Crippen LogP contribution in [0.4, 0.5) is 8.78 Å². The maximum Gasteiger partial charge on any atom is 0.303 e. The molecule has 1 aliphatic carbocycles. The van der Waals surface area contributed by atoms with Crippen molar-refractivity contribution in [3.8, 4) is 0 Å². The fourth-order valence-electron chi connectivity index (χ4n) is 3.49. The molecule has 1 aromatic rings. The number of likely N-dealkylation sites (tertiary alicyclic amines) is 1. The summed E-state index contributed by atoms with van der Waals surface area (Å²) in [5, 5.41) is 8.80. The van der Waals surface area contributed by atoms with Gasteiger partial charge in [0.25, 0.3) is 0 Å². The minimum absolute atomic E-state index is 0.0200. The highest BCUT2D eigenvalue weighted by atomic mass is 19.1. The third kappa shape index (κ3) is 3.35. The number of aliphatic carboxylic acids is 1. The molecular formula is C17H19F2NO3. The Morgan fingerprint density at radius 1 is 1.17 bits per heavy atom. The van der Waals surface area contributed by atoms with E-state index in [1.165, 1.54) is 18.2 Å². The van der Waals surface area contributed by atoms with Crippen LogP contribution in [0.2, 0.25) is 0 Å². The molecule has 2 fully saturated rings. The molecule has 1 aromatic carbocycles. The zero-order valence-electron chi connectivity index (χ0n) is 12.7. The van der Waals surface area contributed by atoms with Crippen LogP contribution in [0.1, 0.15) is 37.2 Å². The van der Waals surface area contributed by atoms with Gasteiger partial charge >= 0.3 is 5.97 Å². The summed E-state index contributed by atoms with van der Waals surface area (Å²) in [6.45, 7) is 1.06. The van der Waals surface area contributed by atoms with E-state index in [1.807, 2.05) is 0 Å². The van der Waals surface area contributed by atoms with E-state index in [-0.39, 0.29) is 35.6 Å². The van der Waals surface area contributed by atoms with Gasteiger partial charge in [-0.2, -0.15) is 0 Å². The lowest BCUT2D eigenvalue weighted by Crippen LogP contribution is -2.40. The van der Waals surface area contributed by atoms with Gasteiger partial charge in [-0.15, -0.1) is 0 Å². The molecule has 2 atom stereocenters. The maximum atomic E-state index is 13.8. The summed E-state index contributed by atoms with van der Waals surface area (Å²) in [5.41, 5.74) is 0.0200. The molecule has 0 spiro atoms. The number of carbonyl (C=O) groups excluding carboxylic acids is 1. The highest BCUT2D eigenvalue weighted by Crippen LogP contribution is 2.50. The van der Waals surface area contributed by atoms with Gasteiger partial charge in [0.05, 0.1) is 0 Å². The van der Waals surface area contributed by atoms with E-state index in [1.54, 1.807) is 4.90 Å². The third-order valence-electron chi connectivity index (χ3n) is 4.87. The van der Waals surface area contributed by atoms with Gasteiger partial charge in [0.2, 0.25) is 5.91 Å². The minimum atomic E-state index is -0.813. The first kappa shape index (κ1) is 15.9. The molecule has 1 amide bonds. The second kappa shape index (κ2) is 6.26. The van der Waals surface area contributed by atoms with Crippen molar-refractivity contribution in [2.24, 2.45) is 11.8 Å². The summed E-state index contributed by atoms with van der Waals surface area (Å²) in [5.74, 6) is -2.68.